The summed E-state index contributed by atoms with van der Waals surface area (Å²) in [5.41, 5.74) is 3.96. The molecule has 1 spiro atoms. The third kappa shape index (κ3) is 6.98. The van der Waals surface area contributed by atoms with Crippen LogP contribution in [-0.2, 0) is 28.1 Å². The van der Waals surface area contributed by atoms with Crippen LogP contribution in [0.2, 0.25) is 0 Å². The molecule has 2 aromatic carbocycles. The summed E-state index contributed by atoms with van der Waals surface area (Å²) in [5, 5.41) is 5.58. The Morgan fingerprint density at radius 2 is 1.67 bits per heavy atom. The Morgan fingerprint density at radius 1 is 0.922 bits per heavy atom. The minimum Gasteiger partial charge on any atom is -0.494 e. The number of hydrogen-bond acceptors (Lipinski definition) is 9. The van der Waals surface area contributed by atoms with Crippen molar-refractivity contribution in [2.24, 2.45) is 5.92 Å². The Labute approximate surface area is 300 Å². The number of amides is 2. The molecule has 270 valence electrons. The molecule has 1 aliphatic carbocycles. The second kappa shape index (κ2) is 14.9. The molecule has 2 aliphatic heterocycles. The minimum absolute atomic E-state index is 0.0498. The first-order chi connectivity index (χ1) is 24.8. The smallest absolute Gasteiger partial charge is 0.237 e. The van der Waals surface area contributed by atoms with Crippen LogP contribution in [0.1, 0.15) is 56.2 Å². The Balaban J connectivity index is 1.01. The van der Waals surface area contributed by atoms with Crippen molar-refractivity contribution in [3.05, 3.63) is 71.7 Å². The number of fused-ring (bicyclic) bond motifs is 3. The van der Waals surface area contributed by atoms with Gasteiger partial charge in [0.25, 0.3) is 0 Å². The Hall–Kier alpha value is -4.71. The Morgan fingerprint density at radius 3 is 2.39 bits per heavy atom. The lowest BCUT2D eigenvalue weighted by Gasteiger charge is -2.52. The number of carbonyl (C=O) groups excluding carboxylic acids is 2. The third-order valence-corrected chi connectivity index (χ3v) is 10.8. The number of nitrogens with zero attached hydrogens (tertiary/aromatic N) is 8. The first-order valence-corrected chi connectivity index (χ1v) is 18.4. The molecule has 2 fully saturated rings. The number of likely N-dealkylation sites (N-methyl/N-ethyl adjacent to an activating group) is 1. The van der Waals surface area contributed by atoms with Crippen LogP contribution in [0.3, 0.4) is 0 Å². The zero-order valence-corrected chi connectivity index (χ0v) is 30.4. The minimum atomic E-state index is -0.393. The van der Waals surface area contributed by atoms with E-state index in [2.05, 4.69) is 43.1 Å². The Bertz CT molecular complexity index is 1860. The second-order valence-electron chi connectivity index (χ2n) is 14.2. The van der Waals surface area contributed by atoms with Crippen molar-refractivity contribution in [1.29, 1.82) is 0 Å². The summed E-state index contributed by atoms with van der Waals surface area (Å²) in [4.78, 5) is 45.2. The lowest BCUT2D eigenvalue weighted by atomic mass is 9.68. The topological polar surface area (TPSA) is 109 Å². The van der Waals surface area contributed by atoms with Crippen molar-refractivity contribution in [3.63, 3.8) is 0 Å². The number of benzene rings is 2. The van der Waals surface area contributed by atoms with Crippen molar-refractivity contribution >= 4 is 28.7 Å². The molecule has 7 rings (SSSR count). The molecular formula is C39H50N8O4. The maximum absolute atomic E-state index is 14.0. The molecule has 3 aliphatic rings. The summed E-state index contributed by atoms with van der Waals surface area (Å²) >= 11 is 0. The van der Waals surface area contributed by atoms with Crippen molar-refractivity contribution in [2.45, 2.75) is 58.0 Å². The zero-order chi connectivity index (χ0) is 35.5. The summed E-state index contributed by atoms with van der Waals surface area (Å²) in [6.07, 6.45) is 7.35. The number of hydrogen-bond donors (Lipinski definition) is 0. The fourth-order valence-electron chi connectivity index (χ4n) is 8.40. The van der Waals surface area contributed by atoms with Crippen LogP contribution in [0.4, 0.5) is 5.82 Å². The second-order valence-corrected chi connectivity index (χ2v) is 14.2. The maximum Gasteiger partial charge on any atom is 0.237 e. The molecule has 0 bridgehead atoms. The monoisotopic (exact) mass is 694 g/mol. The van der Waals surface area contributed by atoms with E-state index in [1.165, 1.54) is 11.1 Å². The maximum atomic E-state index is 14.0. The largest absolute Gasteiger partial charge is 0.494 e. The van der Waals surface area contributed by atoms with E-state index in [1.807, 2.05) is 72.9 Å². The third-order valence-electron chi connectivity index (χ3n) is 10.8. The highest BCUT2D eigenvalue weighted by Gasteiger charge is 2.48. The van der Waals surface area contributed by atoms with Gasteiger partial charge in [-0.05, 0) is 101 Å². The van der Waals surface area contributed by atoms with Crippen LogP contribution in [0.25, 0.3) is 11.0 Å². The number of carbonyl (C=O) groups is 2. The van der Waals surface area contributed by atoms with Gasteiger partial charge in [-0.3, -0.25) is 9.59 Å². The van der Waals surface area contributed by atoms with Crippen LogP contribution in [0, 0.1) is 5.92 Å². The molecule has 51 heavy (non-hydrogen) atoms. The predicted octanol–water partition coefficient (Wildman–Crippen LogP) is 4.35. The van der Waals surface area contributed by atoms with Crippen molar-refractivity contribution in [1.82, 2.24) is 34.4 Å². The molecule has 4 aromatic rings. The molecule has 1 saturated carbocycles. The van der Waals surface area contributed by atoms with E-state index in [9.17, 15) is 9.59 Å². The first-order valence-electron chi connectivity index (χ1n) is 18.4. The van der Waals surface area contributed by atoms with Gasteiger partial charge in [0.15, 0.2) is 5.65 Å². The van der Waals surface area contributed by atoms with Gasteiger partial charge in [-0.2, -0.15) is 5.10 Å². The summed E-state index contributed by atoms with van der Waals surface area (Å²) in [6, 6.07) is 14.4. The molecule has 1 saturated heterocycles. The molecule has 0 radical (unpaired) electrons. The molecule has 4 heterocycles. The highest BCUT2D eigenvalue weighted by Crippen LogP contribution is 2.48. The highest BCUT2D eigenvalue weighted by molar-refractivity contribution is 5.87. The van der Waals surface area contributed by atoms with Crippen LogP contribution in [0.15, 0.2) is 55.0 Å². The van der Waals surface area contributed by atoms with Crippen molar-refractivity contribution < 1.29 is 19.1 Å². The van der Waals surface area contributed by atoms with Gasteiger partial charge < -0.3 is 29.1 Å². The van der Waals surface area contributed by atoms with Crippen molar-refractivity contribution in [2.75, 3.05) is 71.5 Å². The molecule has 12 heteroatoms. The van der Waals surface area contributed by atoms with Gasteiger partial charge >= 0.3 is 0 Å². The average Bonchev–Trinajstić information content (AvgIpc) is 3.54. The van der Waals surface area contributed by atoms with Gasteiger partial charge in [0.2, 0.25) is 11.8 Å². The first kappa shape index (κ1) is 34.7. The predicted molar refractivity (Wildman–Crippen MR) is 196 cm³/mol. The van der Waals surface area contributed by atoms with Crippen LogP contribution >= 0.6 is 0 Å². The normalized spacial score (nSPS) is 20.6. The van der Waals surface area contributed by atoms with Gasteiger partial charge in [-0.1, -0.05) is 18.2 Å². The quantitative estimate of drug-likeness (QED) is 0.239. The fourth-order valence-corrected chi connectivity index (χ4v) is 8.40. The van der Waals surface area contributed by atoms with E-state index >= 15 is 0 Å². The highest BCUT2D eigenvalue weighted by atomic mass is 16.5. The van der Waals surface area contributed by atoms with Gasteiger partial charge in [0.05, 0.1) is 43.4 Å². The zero-order valence-electron chi connectivity index (χ0n) is 30.4. The van der Waals surface area contributed by atoms with Crippen LogP contribution in [0.5, 0.6) is 11.5 Å². The van der Waals surface area contributed by atoms with E-state index in [0.29, 0.717) is 59.0 Å². The number of piperazine rings is 1. The van der Waals surface area contributed by atoms with Gasteiger partial charge in [-0.25, -0.2) is 14.6 Å². The summed E-state index contributed by atoms with van der Waals surface area (Å²) in [7, 11) is 3.88. The molecule has 0 atom stereocenters. The van der Waals surface area contributed by atoms with E-state index < -0.39 is 5.54 Å². The molecule has 2 amide bonds. The molecular weight excluding hydrogens is 644 g/mol. The number of ether oxygens (including phenoxy) is 2. The average molecular weight is 695 g/mol. The molecule has 0 unspecified atom stereocenters. The Kier molecular flexibility index (Phi) is 10.1. The molecule has 2 aromatic heterocycles. The number of aromatic nitrogens is 4. The molecule has 0 N–H and O–H groups in total. The number of anilines is 1. The van der Waals surface area contributed by atoms with Crippen LogP contribution in [-0.4, -0.2) is 113 Å². The lowest BCUT2D eigenvalue weighted by molar-refractivity contribution is -0.144. The van der Waals surface area contributed by atoms with Gasteiger partial charge in [-0.15, -0.1) is 0 Å². The fraction of sp³-hybridized carbons (Fsp3) is 0.513. The van der Waals surface area contributed by atoms with E-state index in [1.54, 1.807) is 6.33 Å². The van der Waals surface area contributed by atoms with Crippen molar-refractivity contribution in [3.8, 4) is 11.5 Å². The standard InChI is InChI=1S/C39H50N8O4/c1-5-50-31-9-7-8-28(22-31)25-47-37-33(24-42-47)36(40-27-41-37)44-18-20-45(21-19-44)38(49)29-12-15-39(16-13-29)34-11-10-32(51-6-2)23-30(34)14-17-46(39)35(48)26-43(3)4/h7-11,22-24,27,29H,5-6,12-21,25-26H2,1-4H3. The SMILES string of the molecule is CCOc1cccc(Cn2ncc3c(N4CCN(C(=O)C5CCC6(CC5)c5ccc(OCC)cc5CCN6C(=O)CN(C)C)CC4)ncnc32)c1. The summed E-state index contributed by atoms with van der Waals surface area (Å²) < 4.78 is 13.4. The van der Waals surface area contributed by atoms with Gasteiger partial charge in [0, 0.05) is 38.6 Å². The number of rotatable bonds is 10. The molecule has 12 nitrogen and oxygen atoms in total. The summed E-state index contributed by atoms with van der Waals surface area (Å²) in [5.74, 6) is 2.91. The van der Waals surface area contributed by atoms with E-state index in [0.717, 1.165) is 66.0 Å². The lowest BCUT2D eigenvalue weighted by Crippen LogP contribution is -2.57. The summed E-state index contributed by atoms with van der Waals surface area (Å²) in [6.45, 7) is 9.52. The van der Waals surface area contributed by atoms with Crippen LogP contribution < -0.4 is 14.4 Å². The van der Waals surface area contributed by atoms with E-state index in [4.69, 9.17) is 9.47 Å². The van der Waals surface area contributed by atoms with Gasteiger partial charge in [0.1, 0.15) is 23.6 Å². The van der Waals surface area contributed by atoms with E-state index in [-0.39, 0.29) is 17.7 Å².